The van der Waals surface area contributed by atoms with Gasteiger partial charge >= 0.3 is 0 Å². The fourth-order valence-electron chi connectivity index (χ4n) is 4.46. The van der Waals surface area contributed by atoms with E-state index in [1.807, 2.05) is 28.5 Å². The van der Waals surface area contributed by atoms with Crippen molar-refractivity contribution in [3.8, 4) is 11.1 Å². The van der Waals surface area contributed by atoms with Crippen molar-refractivity contribution in [2.45, 2.75) is 32.7 Å². The zero-order chi connectivity index (χ0) is 19.8. The molecule has 2 aliphatic rings. The minimum absolute atomic E-state index is 0.00581. The van der Waals surface area contributed by atoms with Crippen LogP contribution in [0, 0.1) is 5.92 Å². The van der Waals surface area contributed by atoms with Crippen molar-refractivity contribution >= 4 is 11.8 Å². The van der Waals surface area contributed by atoms with Gasteiger partial charge in [-0.25, -0.2) is 0 Å². The van der Waals surface area contributed by atoms with Gasteiger partial charge in [0.1, 0.15) is 0 Å². The number of aromatic nitrogens is 1. The second-order valence-corrected chi connectivity index (χ2v) is 7.78. The lowest BCUT2D eigenvalue weighted by molar-refractivity contribution is -0.131. The molecule has 1 saturated heterocycles. The van der Waals surface area contributed by atoms with Crippen LogP contribution in [0.1, 0.15) is 42.2 Å². The molecule has 0 radical (unpaired) electrons. The van der Waals surface area contributed by atoms with Gasteiger partial charge in [0.25, 0.3) is 11.5 Å². The van der Waals surface area contributed by atoms with Gasteiger partial charge in [0.05, 0.1) is 0 Å². The molecule has 2 bridgehead atoms. The number of pyridine rings is 1. The largest absolute Gasteiger partial charge is 0.352 e. The standard InChI is InChI=1S/C22H25N3O3/c1-3-23-22(28)17-6-4-16(5-7-17)18-9-20-19-8-15(11-24(13-19)14(2)26)12-25(20)21(27)10-18/h4-7,9-10,15,19H,3,8,11-13H2,1-2H3,(H,23,28)/t15-,19+/m0/s1. The first-order chi connectivity index (χ1) is 13.5. The van der Waals surface area contributed by atoms with Gasteiger partial charge in [0, 0.05) is 56.3 Å². The summed E-state index contributed by atoms with van der Waals surface area (Å²) in [5.41, 5.74) is 3.39. The van der Waals surface area contributed by atoms with Gasteiger partial charge in [0.15, 0.2) is 0 Å². The molecule has 0 aliphatic carbocycles. The maximum atomic E-state index is 12.8. The van der Waals surface area contributed by atoms with E-state index in [2.05, 4.69) is 11.4 Å². The molecule has 1 aromatic heterocycles. The Kier molecular flexibility index (Phi) is 4.79. The second-order valence-electron chi connectivity index (χ2n) is 7.78. The Hall–Kier alpha value is -2.89. The van der Waals surface area contributed by atoms with Gasteiger partial charge in [-0.3, -0.25) is 14.4 Å². The first-order valence-electron chi connectivity index (χ1n) is 9.85. The van der Waals surface area contributed by atoms with Crippen molar-refractivity contribution in [1.82, 2.24) is 14.8 Å². The summed E-state index contributed by atoms with van der Waals surface area (Å²) in [4.78, 5) is 38.5. The van der Waals surface area contributed by atoms with Crippen LogP contribution in [-0.2, 0) is 11.3 Å². The Morgan fingerprint density at radius 3 is 2.50 bits per heavy atom. The summed E-state index contributed by atoms with van der Waals surface area (Å²) >= 11 is 0. The highest BCUT2D eigenvalue weighted by molar-refractivity contribution is 5.94. The molecule has 146 valence electrons. The summed E-state index contributed by atoms with van der Waals surface area (Å²) in [6.45, 7) is 6.16. The Balaban J connectivity index is 1.67. The zero-order valence-corrected chi connectivity index (χ0v) is 16.3. The molecule has 0 spiro atoms. The fraction of sp³-hybridized carbons (Fsp3) is 0.409. The van der Waals surface area contributed by atoms with Crippen LogP contribution in [0.15, 0.2) is 41.2 Å². The number of carbonyl (C=O) groups excluding carboxylic acids is 2. The van der Waals surface area contributed by atoms with Crippen molar-refractivity contribution in [2.75, 3.05) is 19.6 Å². The Labute approximate surface area is 164 Å². The number of amides is 2. The predicted molar refractivity (Wildman–Crippen MR) is 107 cm³/mol. The van der Waals surface area contributed by atoms with Crippen molar-refractivity contribution in [3.63, 3.8) is 0 Å². The topological polar surface area (TPSA) is 71.4 Å². The van der Waals surface area contributed by atoms with Crippen LogP contribution < -0.4 is 10.9 Å². The molecule has 0 saturated carbocycles. The first kappa shape index (κ1) is 18.5. The van der Waals surface area contributed by atoms with Crippen LogP contribution in [0.4, 0.5) is 0 Å². The van der Waals surface area contributed by atoms with E-state index in [1.54, 1.807) is 25.1 Å². The lowest BCUT2D eigenvalue weighted by Crippen LogP contribution is -2.48. The highest BCUT2D eigenvalue weighted by Crippen LogP contribution is 2.36. The number of nitrogens with one attached hydrogen (secondary N) is 1. The molecule has 3 heterocycles. The number of piperidine rings is 1. The van der Waals surface area contributed by atoms with Gasteiger partial charge in [0.2, 0.25) is 5.91 Å². The Bertz CT molecular complexity index is 978. The molecule has 1 N–H and O–H groups in total. The number of rotatable bonds is 3. The average molecular weight is 379 g/mol. The van der Waals surface area contributed by atoms with E-state index in [0.717, 1.165) is 29.8 Å². The lowest BCUT2D eigenvalue weighted by atomic mass is 9.82. The summed E-state index contributed by atoms with van der Waals surface area (Å²) in [7, 11) is 0. The van der Waals surface area contributed by atoms with E-state index in [1.165, 1.54) is 0 Å². The van der Waals surface area contributed by atoms with Gasteiger partial charge < -0.3 is 14.8 Å². The number of benzene rings is 1. The van der Waals surface area contributed by atoms with E-state index in [4.69, 9.17) is 0 Å². The lowest BCUT2D eigenvalue weighted by Gasteiger charge is -2.42. The molecule has 6 heteroatoms. The van der Waals surface area contributed by atoms with Crippen LogP contribution >= 0.6 is 0 Å². The Morgan fingerprint density at radius 2 is 1.82 bits per heavy atom. The maximum absolute atomic E-state index is 12.8. The fourth-order valence-corrected chi connectivity index (χ4v) is 4.46. The molecule has 2 atom stereocenters. The first-order valence-corrected chi connectivity index (χ1v) is 9.85. The van der Waals surface area contributed by atoms with Crippen molar-refractivity contribution < 1.29 is 9.59 Å². The van der Waals surface area contributed by atoms with E-state index in [-0.39, 0.29) is 23.3 Å². The van der Waals surface area contributed by atoms with E-state index in [9.17, 15) is 14.4 Å². The van der Waals surface area contributed by atoms with E-state index in [0.29, 0.717) is 31.1 Å². The second kappa shape index (κ2) is 7.26. The molecule has 6 nitrogen and oxygen atoms in total. The summed E-state index contributed by atoms with van der Waals surface area (Å²) in [5.74, 6) is 0.536. The smallest absolute Gasteiger partial charge is 0.251 e. The minimum Gasteiger partial charge on any atom is -0.352 e. The summed E-state index contributed by atoms with van der Waals surface area (Å²) in [6, 6.07) is 11.1. The quantitative estimate of drug-likeness (QED) is 0.889. The zero-order valence-electron chi connectivity index (χ0n) is 16.3. The molecule has 1 fully saturated rings. The van der Waals surface area contributed by atoms with Crippen LogP contribution in [0.5, 0.6) is 0 Å². The van der Waals surface area contributed by atoms with Crippen molar-refractivity contribution in [2.24, 2.45) is 5.92 Å². The summed E-state index contributed by atoms with van der Waals surface area (Å²) < 4.78 is 1.88. The molecule has 28 heavy (non-hydrogen) atoms. The normalized spacial score (nSPS) is 20.4. The van der Waals surface area contributed by atoms with E-state index >= 15 is 0 Å². The van der Waals surface area contributed by atoms with E-state index < -0.39 is 0 Å². The van der Waals surface area contributed by atoms with Crippen molar-refractivity contribution in [3.05, 3.63) is 58.0 Å². The molecule has 0 unspecified atom stereocenters. The third-order valence-electron chi connectivity index (χ3n) is 5.82. The summed E-state index contributed by atoms with van der Waals surface area (Å²) in [6.07, 6.45) is 1.02. The molecule has 2 aromatic rings. The third-order valence-corrected chi connectivity index (χ3v) is 5.82. The van der Waals surface area contributed by atoms with Crippen LogP contribution in [0.25, 0.3) is 11.1 Å². The molecule has 2 aliphatic heterocycles. The molecular formula is C22H25N3O3. The number of hydrogen-bond acceptors (Lipinski definition) is 3. The average Bonchev–Trinajstić information content (AvgIpc) is 2.69. The molecule has 1 aromatic carbocycles. The highest BCUT2D eigenvalue weighted by Gasteiger charge is 2.35. The van der Waals surface area contributed by atoms with Gasteiger partial charge in [-0.2, -0.15) is 0 Å². The molecular weight excluding hydrogens is 354 g/mol. The Morgan fingerprint density at radius 1 is 1.07 bits per heavy atom. The number of hydrogen-bond donors (Lipinski definition) is 1. The number of fused-ring (bicyclic) bond motifs is 4. The van der Waals surface area contributed by atoms with Gasteiger partial charge in [-0.05, 0) is 48.6 Å². The van der Waals surface area contributed by atoms with Gasteiger partial charge in [-0.15, -0.1) is 0 Å². The van der Waals surface area contributed by atoms with Crippen molar-refractivity contribution in [1.29, 1.82) is 0 Å². The number of likely N-dealkylation sites (tertiary alicyclic amines) is 1. The predicted octanol–water partition coefficient (Wildman–Crippen LogP) is 2.23. The number of nitrogens with zero attached hydrogens (tertiary/aromatic N) is 2. The molecule has 2 amide bonds. The number of carbonyl (C=O) groups is 2. The SMILES string of the molecule is CCNC(=O)c1ccc(-c2cc3n(c(=O)c2)C[C@H]2C[C@@H]3CN(C(C)=O)C2)cc1. The van der Waals surface area contributed by atoms with Crippen LogP contribution in [0.2, 0.25) is 0 Å². The minimum atomic E-state index is -0.0999. The monoisotopic (exact) mass is 379 g/mol. The van der Waals surface area contributed by atoms with Gasteiger partial charge in [-0.1, -0.05) is 12.1 Å². The summed E-state index contributed by atoms with van der Waals surface area (Å²) in [5, 5.41) is 2.78. The maximum Gasteiger partial charge on any atom is 0.251 e. The van der Waals surface area contributed by atoms with Crippen LogP contribution in [0.3, 0.4) is 0 Å². The molecule has 4 rings (SSSR count). The highest BCUT2D eigenvalue weighted by atomic mass is 16.2. The third kappa shape index (κ3) is 3.35. The van der Waals surface area contributed by atoms with Crippen LogP contribution in [-0.4, -0.2) is 40.9 Å².